The number of nitrogens with zero attached hydrogens (tertiary/aromatic N) is 3. The Labute approximate surface area is 111 Å². The van der Waals surface area contributed by atoms with E-state index in [0.717, 1.165) is 36.9 Å². The number of imidazole rings is 1. The van der Waals surface area contributed by atoms with Crippen LogP contribution in [0.15, 0.2) is 17.9 Å². The van der Waals surface area contributed by atoms with Gasteiger partial charge in [-0.1, -0.05) is 6.92 Å². The van der Waals surface area contributed by atoms with E-state index in [1.54, 1.807) is 11.3 Å². The topological polar surface area (TPSA) is 42.7 Å². The first-order chi connectivity index (χ1) is 8.83. The normalized spacial score (nSPS) is 15.2. The summed E-state index contributed by atoms with van der Waals surface area (Å²) in [6, 6.07) is 0.737. The average molecular weight is 262 g/mol. The largest absolute Gasteiger partial charge is 0.331 e. The fourth-order valence-electron chi connectivity index (χ4n) is 1.89. The van der Waals surface area contributed by atoms with Gasteiger partial charge < -0.3 is 9.88 Å². The third kappa shape index (κ3) is 2.97. The van der Waals surface area contributed by atoms with Gasteiger partial charge in [-0.15, -0.1) is 11.3 Å². The Bertz CT molecular complexity index is 513. The predicted molar refractivity (Wildman–Crippen MR) is 72.7 cm³/mol. The van der Waals surface area contributed by atoms with Crippen LogP contribution in [0.3, 0.4) is 0 Å². The summed E-state index contributed by atoms with van der Waals surface area (Å²) in [4.78, 5) is 8.99. The lowest BCUT2D eigenvalue weighted by Gasteiger charge is -1.99. The van der Waals surface area contributed by atoms with Gasteiger partial charge in [-0.05, 0) is 19.3 Å². The van der Waals surface area contributed by atoms with Crippen LogP contribution in [-0.2, 0) is 19.5 Å². The Morgan fingerprint density at radius 3 is 3.06 bits per heavy atom. The summed E-state index contributed by atoms with van der Waals surface area (Å²) in [5.74, 6) is 0. The van der Waals surface area contributed by atoms with Gasteiger partial charge in [0.05, 0.1) is 29.3 Å². The maximum atomic E-state index is 4.57. The minimum atomic E-state index is 0.737. The Morgan fingerprint density at radius 1 is 1.44 bits per heavy atom. The van der Waals surface area contributed by atoms with E-state index in [4.69, 9.17) is 0 Å². The number of aromatic nitrogens is 3. The Kier molecular flexibility index (Phi) is 3.43. The van der Waals surface area contributed by atoms with Crippen molar-refractivity contribution < 1.29 is 0 Å². The number of aryl methyl sites for hydroxylation is 1. The second kappa shape index (κ2) is 5.20. The third-order valence-electron chi connectivity index (χ3n) is 3.08. The molecule has 0 spiro atoms. The lowest BCUT2D eigenvalue weighted by atomic mass is 10.4. The molecule has 0 amide bonds. The van der Waals surface area contributed by atoms with Crippen molar-refractivity contribution in [3.05, 3.63) is 34.3 Å². The van der Waals surface area contributed by atoms with Crippen LogP contribution < -0.4 is 5.32 Å². The second-order valence-electron chi connectivity index (χ2n) is 4.78. The highest BCUT2D eigenvalue weighted by molar-refractivity contribution is 7.09. The van der Waals surface area contributed by atoms with Crippen molar-refractivity contribution in [3.63, 3.8) is 0 Å². The van der Waals surface area contributed by atoms with Crippen LogP contribution in [-0.4, -0.2) is 20.6 Å². The molecule has 1 aliphatic carbocycles. The molecular formula is C13H18N4S. The number of thiazole rings is 1. The summed E-state index contributed by atoms with van der Waals surface area (Å²) in [7, 11) is 0. The zero-order valence-corrected chi connectivity index (χ0v) is 11.4. The van der Waals surface area contributed by atoms with Gasteiger partial charge >= 0.3 is 0 Å². The van der Waals surface area contributed by atoms with Gasteiger partial charge in [0.1, 0.15) is 0 Å². The molecule has 2 aromatic rings. The summed E-state index contributed by atoms with van der Waals surface area (Å²) >= 11 is 1.74. The molecule has 5 heteroatoms. The molecule has 1 saturated carbocycles. The molecule has 2 heterocycles. The fraction of sp³-hybridized carbons (Fsp3) is 0.538. The summed E-state index contributed by atoms with van der Waals surface area (Å²) in [6.07, 6.45) is 7.67. The quantitative estimate of drug-likeness (QED) is 0.868. The first kappa shape index (κ1) is 11.9. The van der Waals surface area contributed by atoms with Crippen molar-refractivity contribution in [2.75, 3.05) is 0 Å². The summed E-state index contributed by atoms with van der Waals surface area (Å²) in [6.45, 7) is 3.85. The molecule has 18 heavy (non-hydrogen) atoms. The zero-order valence-electron chi connectivity index (χ0n) is 10.6. The van der Waals surface area contributed by atoms with E-state index < -0.39 is 0 Å². The van der Waals surface area contributed by atoms with Crippen LogP contribution in [0.2, 0.25) is 0 Å². The highest BCUT2D eigenvalue weighted by atomic mass is 32.1. The first-order valence-electron chi connectivity index (χ1n) is 6.51. The molecule has 96 valence electrons. The van der Waals surface area contributed by atoms with Crippen LogP contribution in [0, 0.1) is 0 Å². The number of hydrogen-bond donors (Lipinski definition) is 1. The fourth-order valence-corrected chi connectivity index (χ4v) is 2.63. The molecule has 0 radical (unpaired) electrons. The van der Waals surface area contributed by atoms with Gasteiger partial charge in [0, 0.05) is 24.2 Å². The molecular weight excluding hydrogens is 244 g/mol. The van der Waals surface area contributed by atoms with E-state index in [1.165, 1.54) is 17.8 Å². The van der Waals surface area contributed by atoms with Crippen LogP contribution >= 0.6 is 11.3 Å². The van der Waals surface area contributed by atoms with Crippen molar-refractivity contribution in [1.82, 2.24) is 19.9 Å². The minimum Gasteiger partial charge on any atom is -0.331 e. The van der Waals surface area contributed by atoms with Gasteiger partial charge in [-0.3, -0.25) is 0 Å². The van der Waals surface area contributed by atoms with Gasteiger partial charge in [0.2, 0.25) is 0 Å². The smallest absolute Gasteiger partial charge is 0.0953 e. The number of nitrogens with one attached hydrogen (secondary N) is 1. The van der Waals surface area contributed by atoms with E-state index in [2.05, 4.69) is 38.4 Å². The monoisotopic (exact) mass is 262 g/mol. The Morgan fingerprint density at radius 2 is 2.33 bits per heavy atom. The van der Waals surface area contributed by atoms with E-state index in [1.807, 2.05) is 6.33 Å². The average Bonchev–Trinajstić information content (AvgIpc) is 2.93. The Hall–Kier alpha value is -1.20. The van der Waals surface area contributed by atoms with Gasteiger partial charge in [0.15, 0.2) is 0 Å². The van der Waals surface area contributed by atoms with E-state index in [0.29, 0.717) is 0 Å². The molecule has 0 unspecified atom stereocenters. The van der Waals surface area contributed by atoms with Gasteiger partial charge in [-0.2, -0.15) is 0 Å². The maximum Gasteiger partial charge on any atom is 0.0953 e. The number of hydrogen-bond acceptors (Lipinski definition) is 4. The van der Waals surface area contributed by atoms with Crippen molar-refractivity contribution in [1.29, 1.82) is 0 Å². The van der Waals surface area contributed by atoms with E-state index in [9.17, 15) is 0 Å². The Balaban J connectivity index is 1.58. The predicted octanol–water partition coefficient (Wildman–Crippen LogP) is 2.20. The summed E-state index contributed by atoms with van der Waals surface area (Å²) < 4.78 is 2.11. The molecule has 0 aromatic carbocycles. The van der Waals surface area contributed by atoms with Crippen LogP contribution in [0.5, 0.6) is 0 Å². The van der Waals surface area contributed by atoms with Crippen molar-refractivity contribution in [2.45, 2.75) is 45.3 Å². The van der Waals surface area contributed by atoms with Crippen LogP contribution in [0.25, 0.3) is 0 Å². The molecule has 4 nitrogen and oxygen atoms in total. The second-order valence-corrected chi connectivity index (χ2v) is 5.72. The highest BCUT2D eigenvalue weighted by Crippen LogP contribution is 2.19. The maximum absolute atomic E-state index is 4.57. The van der Waals surface area contributed by atoms with Crippen molar-refractivity contribution in [2.24, 2.45) is 0 Å². The molecule has 1 N–H and O–H groups in total. The zero-order chi connectivity index (χ0) is 12.4. The third-order valence-corrected chi connectivity index (χ3v) is 4.12. The molecule has 2 aromatic heterocycles. The van der Waals surface area contributed by atoms with Crippen LogP contribution in [0.1, 0.15) is 36.2 Å². The molecule has 1 fully saturated rings. The lowest BCUT2D eigenvalue weighted by molar-refractivity contribution is 0.675. The molecule has 0 atom stereocenters. The van der Waals surface area contributed by atoms with Crippen molar-refractivity contribution >= 4 is 11.3 Å². The van der Waals surface area contributed by atoms with Gasteiger partial charge in [-0.25, -0.2) is 9.97 Å². The minimum absolute atomic E-state index is 0.737. The molecule has 3 rings (SSSR count). The first-order valence-corrected chi connectivity index (χ1v) is 7.38. The number of rotatable bonds is 6. The summed E-state index contributed by atoms with van der Waals surface area (Å²) in [5, 5.41) is 6.82. The lowest BCUT2D eigenvalue weighted by Crippen LogP contribution is -2.15. The standard InChI is InChI=1S/C13H18N4S/c1-2-13-16-12(8-18-13)7-17-6-11(15-9-17)5-14-10-3-4-10/h6,8-10,14H,2-5,7H2,1H3. The van der Waals surface area contributed by atoms with Crippen LogP contribution in [0.4, 0.5) is 0 Å². The van der Waals surface area contributed by atoms with Crippen molar-refractivity contribution in [3.8, 4) is 0 Å². The van der Waals surface area contributed by atoms with Gasteiger partial charge in [0.25, 0.3) is 0 Å². The van der Waals surface area contributed by atoms with E-state index in [-0.39, 0.29) is 0 Å². The molecule has 0 saturated heterocycles. The highest BCUT2D eigenvalue weighted by Gasteiger charge is 2.20. The molecule has 0 aliphatic heterocycles. The molecule has 0 bridgehead atoms. The molecule has 1 aliphatic rings. The van der Waals surface area contributed by atoms with E-state index >= 15 is 0 Å². The SMILES string of the molecule is CCc1nc(Cn2cnc(CNC3CC3)c2)cs1. The summed E-state index contributed by atoms with van der Waals surface area (Å²) in [5.41, 5.74) is 2.25.